The van der Waals surface area contributed by atoms with E-state index in [0.717, 1.165) is 24.2 Å². The third-order valence-electron chi connectivity index (χ3n) is 3.51. The highest BCUT2D eigenvalue weighted by Crippen LogP contribution is 2.28. The molecule has 1 amide bonds. The molecule has 0 unspecified atom stereocenters. The molecule has 0 spiro atoms. The molecule has 0 aliphatic carbocycles. The Morgan fingerprint density at radius 2 is 2.00 bits per heavy atom. The predicted octanol–water partition coefficient (Wildman–Crippen LogP) is 4.78. The molecule has 0 fully saturated rings. The highest BCUT2D eigenvalue weighted by molar-refractivity contribution is 8.14. The highest BCUT2D eigenvalue weighted by atomic mass is 32.2. The Hall–Kier alpha value is -2.01. The van der Waals surface area contributed by atoms with Gasteiger partial charge in [0, 0.05) is 18.0 Å². The molecule has 0 saturated carbocycles. The van der Waals surface area contributed by atoms with Crippen molar-refractivity contribution in [3.63, 3.8) is 0 Å². The van der Waals surface area contributed by atoms with Gasteiger partial charge in [-0.2, -0.15) is 4.98 Å². The molecule has 1 aromatic heterocycles. The summed E-state index contributed by atoms with van der Waals surface area (Å²) < 4.78 is 5.11. The SMILES string of the molecule is CCCCc1ccccc1SC(=O)N(C)c1cccc(OC)n1. The second kappa shape index (κ2) is 8.58. The van der Waals surface area contributed by atoms with Gasteiger partial charge in [0.15, 0.2) is 0 Å². The molecule has 0 atom stereocenters. The number of carbonyl (C=O) groups is 1. The first-order valence-corrected chi connectivity index (χ1v) is 8.51. The Bertz CT molecular complexity index is 661. The molecule has 0 radical (unpaired) electrons. The van der Waals surface area contributed by atoms with Gasteiger partial charge < -0.3 is 4.74 Å². The summed E-state index contributed by atoms with van der Waals surface area (Å²) in [6, 6.07) is 13.5. The zero-order valence-corrected chi connectivity index (χ0v) is 14.6. The number of methoxy groups -OCH3 is 1. The Balaban J connectivity index is 2.12. The van der Waals surface area contributed by atoms with E-state index in [1.807, 2.05) is 24.3 Å². The number of nitrogens with zero attached hydrogens (tertiary/aromatic N) is 2. The Morgan fingerprint density at radius 3 is 2.74 bits per heavy atom. The molecule has 0 saturated heterocycles. The lowest BCUT2D eigenvalue weighted by molar-refractivity contribution is 0.266. The van der Waals surface area contributed by atoms with Crippen LogP contribution < -0.4 is 9.64 Å². The van der Waals surface area contributed by atoms with Crippen LogP contribution in [0.5, 0.6) is 5.88 Å². The third kappa shape index (κ3) is 4.73. The van der Waals surface area contributed by atoms with Crippen LogP contribution in [0, 0.1) is 0 Å². The smallest absolute Gasteiger partial charge is 0.291 e. The lowest BCUT2D eigenvalue weighted by Gasteiger charge is -2.17. The summed E-state index contributed by atoms with van der Waals surface area (Å²) in [6.45, 7) is 2.17. The third-order valence-corrected chi connectivity index (χ3v) is 4.57. The topological polar surface area (TPSA) is 42.4 Å². The fourth-order valence-electron chi connectivity index (χ4n) is 2.14. The molecule has 23 heavy (non-hydrogen) atoms. The number of pyridine rings is 1. The maximum absolute atomic E-state index is 12.5. The van der Waals surface area contributed by atoms with Gasteiger partial charge >= 0.3 is 0 Å². The fraction of sp³-hybridized carbons (Fsp3) is 0.333. The van der Waals surface area contributed by atoms with Gasteiger partial charge in [0.25, 0.3) is 5.24 Å². The van der Waals surface area contributed by atoms with Crippen LogP contribution in [-0.4, -0.2) is 24.4 Å². The van der Waals surface area contributed by atoms with Gasteiger partial charge in [0.2, 0.25) is 5.88 Å². The quantitative estimate of drug-likeness (QED) is 0.715. The molecule has 0 bridgehead atoms. The summed E-state index contributed by atoms with van der Waals surface area (Å²) in [4.78, 5) is 19.4. The molecule has 0 N–H and O–H groups in total. The van der Waals surface area contributed by atoms with E-state index in [2.05, 4.69) is 18.0 Å². The van der Waals surface area contributed by atoms with E-state index in [1.54, 1.807) is 31.2 Å². The number of thioether (sulfide) groups is 1. The number of unbranched alkanes of at least 4 members (excludes halogenated alkanes) is 1. The number of anilines is 1. The number of aromatic nitrogens is 1. The molecule has 2 aromatic rings. The van der Waals surface area contributed by atoms with E-state index in [9.17, 15) is 4.79 Å². The first kappa shape index (κ1) is 17.3. The minimum atomic E-state index is -0.0605. The Kier molecular flexibility index (Phi) is 6.47. The normalized spacial score (nSPS) is 10.4. The van der Waals surface area contributed by atoms with Crippen LogP contribution in [0.4, 0.5) is 10.6 Å². The minimum Gasteiger partial charge on any atom is -0.481 e. The van der Waals surface area contributed by atoms with Crippen LogP contribution in [0.1, 0.15) is 25.3 Å². The summed E-state index contributed by atoms with van der Waals surface area (Å²) in [5, 5.41) is -0.0605. The maximum Gasteiger partial charge on any atom is 0.291 e. The zero-order chi connectivity index (χ0) is 16.7. The van der Waals surface area contributed by atoms with Crippen molar-refractivity contribution in [1.82, 2.24) is 4.98 Å². The Morgan fingerprint density at radius 1 is 1.22 bits per heavy atom. The van der Waals surface area contributed by atoms with Crippen LogP contribution in [-0.2, 0) is 6.42 Å². The largest absolute Gasteiger partial charge is 0.481 e. The van der Waals surface area contributed by atoms with E-state index in [-0.39, 0.29) is 5.24 Å². The monoisotopic (exact) mass is 330 g/mol. The molecule has 1 heterocycles. The van der Waals surface area contributed by atoms with Crippen LogP contribution in [0.25, 0.3) is 0 Å². The molecule has 1 aromatic carbocycles. The second-order valence-electron chi connectivity index (χ2n) is 5.18. The van der Waals surface area contributed by atoms with Crippen molar-refractivity contribution in [1.29, 1.82) is 0 Å². The molecular weight excluding hydrogens is 308 g/mol. The summed E-state index contributed by atoms with van der Waals surface area (Å²) in [6.07, 6.45) is 3.26. The van der Waals surface area contributed by atoms with E-state index in [4.69, 9.17) is 4.74 Å². The molecule has 4 nitrogen and oxygen atoms in total. The standard InChI is InChI=1S/C18H22N2O2S/c1-4-5-9-14-10-6-7-11-15(14)23-18(21)20(2)16-12-8-13-17(19-16)22-3/h6-8,10-13H,4-5,9H2,1-3H3. The first-order chi connectivity index (χ1) is 11.2. The highest BCUT2D eigenvalue weighted by Gasteiger charge is 2.16. The van der Waals surface area contributed by atoms with Crippen LogP contribution in [0.15, 0.2) is 47.4 Å². The van der Waals surface area contributed by atoms with Crippen LogP contribution in [0.3, 0.4) is 0 Å². The molecule has 2 rings (SSSR count). The number of benzene rings is 1. The van der Waals surface area contributed by atoms with Gasteiger partial charge in [-0.15, -0.1) is 0 Å². The van der Waals surface area contributed by atoms with Gasteiger partial charge in [-0.25, -0.2) is 0 Å². The molecule has 0 aliphatic heterocycles. The molecule has 122 valence electrons. The van der Waals surface area contributed by atoms with Gasteiger partial charge in [0.05, 0.1) is 7.11 Å². The minimum absolute atomic E-state index is 0.0605. The van der Waals surface area contributed by atoms with Crippen LogP contribution in [0.2, 0.25) is 0 Å². The van der Waals surface area contributed by atoms with Gasteiger partial charge in [0.1, 0.15) is 5.82 Å². The van der Waals surface area contributed by atoms with Crippen molar-refractivity contribution in [2.75, 3.05) is 19.1 Å². The van der Waals surface area contributed by atoms with Gasteiger partial charge in [-0.3, -0.25) is 9.69 Å². The van der Waals surface area contributed by atoms with Gasteiger partial charge in [-0.05, 0) is 42.3 Å². The van der Waals surface area contributed by atoms with E-state index >= 15 is 0 Å². The van der Waals surface area contributed by atoms with Crippen molar-refractivity contribution < 1.29 is 9.53 Å². The van der Waals surface area contributed by atoms with Crippen molar-refractivity contribution in [2.24, 2.45) is 0 Å². The lowest BCUT2D eigenvalue weighted by atomic mass is 10.1. The maximum atomic E-state index is 12.5. The van der Waals surface area contributed by atoms with E-state index in [1.165, 1.54) is 17.3 Å². The molecule has 0 aliphatic rings. The number of carbonyl (C=O) groups excluding carboxylic acids is 1. The Labute approximate surface area is 141 Å². The second-order valence-corrected chi connectivity index (χ2v) is 6.17. The predicted molar refractivity (Wildman–Crippen MR) is 95.5 cm³/mol. The number of hydrogen-bond acceptors (Lipinski definition) is 4. The van der Waals surface area contributed by atoms with Gasteiger partial charge in [-0.1, -0.05) is 37.6 Å². The molecule has 5 heteroatoms. The van der Waals surface area contributed by atoms with Crippen molar-refractivity contribution >= 4 is 22.8 Å². The van der Waals surface area contributed by atoms with E-state index < -0.39 is 0 Å². The van der Waals surface area contributed by atoms with Crippen LogP contribution >= 0.6 is 11.8 Å². The van der Waals surface area contributed by atoms with Crippen molar-refractivity contribution in [3.05, 3.63) is 48.0 Å². The number of ether oxygens (including phenoxy) is 1. The fourth-order valence-corrected chi connectivity index (χ4v) is 3.00. The number of hydrogen-bond donors (Lipinski definition) is 0. The summed E-state index contributed by atoms with van der Waals surface area (Å²) in [5.74, 6) is 1.07. The average molecular weight is 330 g/mol. The summed E-state index contributed by atoms with van der Waals surface area (Å²) in [7, 11) is 3.29. The van der Waals surface area contributed by atoms with Crippen molar-refractivity contribution in [2.45, 2.75) is 31.1 Å². The average Bonchev–Trinajstić information content (AvgIpc) is 2.60. The number of rotatable bonds is 6. The summed E-state index contributed by atoms with van der Waals surface area (Å²) >= 11 is 1.24. The number of aryl methyl sites for hydroxylation is 1. The van der Waals surface area contributed by atoms with Crippen molar-refractivity contribution in [3.8, 4) is 5.88 Å². The first-order valence-electron chi connectivity index (χ1n) is 7.70. The number of amides is 1. The van der Waals surface area contributed by atoms with E-state index in [0.29, 0.717) is 11.7 Å². The zero-order valence-electron chi connectivity index (χ0n) is 13.8. The lowest BCUT2D eigenvalue weighted by Crippen LogP contribution is -2.22. The molecular formula is C18H22N2O2S. The summed E-state index contributed by atoms with van der Waals surface area (Å²) in [5.41, 5.74) is 1.22.